The van der Waals surface area contributed by atoms with Crippen molar-refractivity contribution in [3.05, 3.63) is 29.6 Å². The second-order valence-corrected chi connectivity index (χ2v) is 4.84. The van der Waals surface area contributed by atoms with Crippen LogP contribution < -0.4 is 5.32 Å². The van der Waals surface area contributed by atoms with Crippen LogP contribution in [-0.4, -0.2) is 41.5 Å². The number of hydrogen-bond donors (Lipinski definition) is 2. The first-order valence-corrected chi connectivity index (χ1v) is 6.61. The van der Waals surface area contributed by atoms with Crippen LogP contribution in [0.3, 0.4) is 0 Å². The fraction of sp³-hybridized carbons (Fsp3) is 0.429. The topological polar surface area (TPSA) is 69.6 Å². The van der Waals surface area contributed by atoms with Crippen molar-refractivity contribution < 1.29 is 19.1 Å². The molecule has 0 atom stereocenters. The summed E-state index contributed by atoms with van der Waals surface area (Å²) in [6, 6.07) is 3.30. The van der Waals surface area contributed by atoms with Crippen LogP contribution in [0, 0.1) is 5.82 Å². The van der Waals surface area contributed by atoms with Crippen LogP contribution in [0.25, 0.3) is 0 Å². The van der Waals surface area contributed by atoms with Gasteiger partial charge in [0.25, 0.3) is 0 Å². The van der Waals surface area contributed by atoms with Gasteiger partial charge in [0.2, 0.25) is 5.91 Å². The van der Waals surface area contributed by atoms with Gasteiger partial charge in [-0.25, -0.2) is 9.18 Å². The second kappa shape index (κ2) is 6.47. The Bertz CT molecular complexity index is 513. The molecule has 108 valence electrons. The third kappa shape index (κ3) is 3.77. The molecule has 6 heteroatoms. The summed E-state index contributed by atoms with van der Waals surface area (Å²) < 4.78 is 13.0. The summed E-state index contributed by atoms with van der Waals surface area (Å²) in [5.41, 5.74) is -0.107. The lowest BCUT2D eigenvalue weighted by Crippen LogP contribution is -2.25. The Balaban J connectivity index is 1.94. The molecule has 20 heavy (non-hydrogen) atoms. The predicted molar refractivity (Wildman–Crippen MR) is 72.3 cm³/mol. The summed E-state index contributed by atoms with van der Waals surface area (Å²) in [5.74, 6) is -2.16. The highest BCUT2D eigenvalue weighted by atomic mass is 19.1. The molecular formula is C14H17FN2O3. The van der Waals surface area contributed by atoms with Gasteiger partial charge < -0.3 is 15.3 Å². The Kier molecular flexibility index (Phi) is 4.68. The molecule has 1 aromatic rings. The molecule has 1 heterocycles. The Labute approximate surface area is 116 Å². The summed E-state index contributed by atoms with van der Waals surface area (Å²) in [5, 5.41) is 11.5. The smallest absolute Gasteiger partial charge is 0.337 e. The van der Waals surface area contributed by atoms with Gasteiger partial charge in [0.1, 0.15) is 5.82 Å². The van der Waals surface area contributed by atoms with Gasteiger partial charge in [-0.2, -0.15) is 0 Å². The number of carbonyl (C=O) groups excluding carboxylic acids is 1. The SMILES string of the molecule is O=C(CCN1CCCC1)Nc1ccc(F)cc1C(=O)O. The zero-order valence-corrected chi connectivity index (χ0v) is 11.1. The van der Waals surface area contributed by atoms with Gasteiger partial charge in [-0.3, -0.25) is 4.79 Å². The van der Waals surface area contributed by atoms with Crippen LogP contribution in [0.15, 0.2) is 18.2 Å². The number of carboxylic acid groups (broad SMARTS) is 1. The Morgan fingerprint density at radius 2 is 2.00 bits per heavy atom. The van der Waals surface area contributed by atoms with E-state index in [2.05, 4.69) is 10.2 Å². The number of anilines is 1. The maximum atomic E-state index is 13.0. The number of likely N-dealkylation sites (tertiary alicyclic amines) is 1. The van der Waals surface area contributed by atoms with Gasteiger partial charge in [0.05, 0.1) is 11.3 Å². The summed E-state index contributed by atoms with van der Waals surface area (Å²) in [7, 11) is 0. The number of carboxylic acids is 1. The van der Waals surface area contributed by atoms with Crippen LogP contribution >= 0.6 is 0 Å². The van der Waals surface area contributed by atoms with Gasteiger partial charge in [-0.1, -0.05) is 0 Å². The number of carbonyl (C=O) groups is 2. The zero-order chi connectivity index (χ0) is 14.5. The van der Waals surface area contributed by atoms with E-state index in [-0.39, 0.29) is 17.2 Å². The minimum absolute atomic E-state index is 0.130. The lowest BCUT2D eigenvalue weighted by Gasteiger charge is -2.14. The molecule has 1 aromatic carbocycles. The van der Waals surface area contributed by atoms with Crippen LogP contribution in [0.1, 0.15) is 29.6 Å². The van der Waals surface area contributed by atoms with Gasteiger partial charge in [0.15, 0.2) is 0 Å². The lowest BCUT2D eigenvalue weighted by atomic mass is 10.1. The number of nitrogens with zero attached hydrogens (tertiary/aromatic N) is 1. The number of nitrogens with one attached hydrogen (secondary N) is 1. The van der Waals surface area contributed by atoms with Crippen LogP contribution in [0.2, 0.25) is 0 Å². The largest absolute Gasteiger partial charge is 0.478 e. The summed E-state index contributed by atoms with van der Waals surface area (Å²) in [4.78, 5) is 25.0. The number of amides is 1. The highest BCUT2D eigenvalue weighted by molar-refractivity contribution is 6.00. The van der Waals surface area contributed by atoms with Gasteiger partial charge in [-0.05, 0) is 44.1 Å². The first kappa shape index (κ1) is 14.5. The molecule has 0 radical (unpaired) electrons. The van der Waals surface area contributed by atoms with E-state index in [1.165, 1.54) is 6.07 Å². The van der Waals surface area contributed by atoms with E-state index in [0.29, 0.717) is 13.0 Å². The average molecular weight is 280 g/mol. The monoisotopic (exact) mass is 280 g/mol. The van der Waals surface area contributed by atoms with Crippen molar-refractivity contribution in [2.24, 2.45) is 0 Å². The number of halogens is 1. The molecule has 1 amide bonds. The molecule has 2 N–H and O–H groups in total. The Hall–Kier alpha value is -1.95. The molecule has 0 aliphatic carbocycles. The van der Waals surface area contributed by atoms with Gasteiger partial charge >= 0.3 is 5.97 Å². The third-order valence-electron chi connectivity index (χ3n) is 3.34. The van der Waals surface area contributed by atoms with E-state index in [9.17, 15) is 14.0 Å². The highest BCUT2D eigenvalue weighted by Crippen LogP contribution is 2.17. The predicted octanol–water partition coefficient (Wildman–Crippen LogP) is 1.95. The Morgan fingerprint density at radius 3 is 2.65 bits per heavy atom. The van der Waals surface area contributed by atoms with Crippen molar-refractivity contribution in [1.29, 1.82) is 0 Å². The minimum Gasteiger partial charge on any atom is -0.478 e. The molecule has 1 saturated heterocycles. The first-order chi connectivity index (χ1) is 9.56. The van der Waals surface area contributed by atoms with E-state index in [4.69, 9.17) is 5.11 Å². The molecule has 1 aliphatic heterocycles. The van der Waals surface area contributed by atoms with Crippen molar-refractivity contribution in [3.63, 3.8) is 0 Å². The van der Waals surface area contributed by atoms with E-state index in [0.717, 1.165) is 38.1 Å². The van der Waals surface area contributed by atoms with E-state index < -0.39 is 11.8 Å². The second-order valence-electron chi connectivity index (χ2n) is 4.84. The van der Waals surface area contributed by atoms with Crippen molar-refractivity contribution in [2.45, 2.75) is 19.3 Å². The van der Waals surface area contributed by atoms with Crippen LogP contribution in [-0.2, 0) is 4.79 Å². The highest BCUT2D eigenvalue weighted by Gasteiger charge is 2.16. The van der Waals surface area contributed by atoms with Crippen molar-refractivity contribution in [1.82, 2.24) is 4.90 Å². The number of hydrogen-bond acceptors (Lipinski definition) is 3. The maximum absolute atomic E-state index is 13.0. The van der Waals surface area contributed by atoms with E-state index >= 15 is 0 Å². The van der Waals surface area contributed by atoms with Crippen molar-refractivity contribution in [3.8, 4) is 0 Å². The average Bonchev–Trinajstić information content (AvgIpc) is 2.91. The number of benzene rings is 1. The lowest BCUT2D eigenvalue weighted by molar-refractivity contribution is -0.116. The maximum Gasteiger partial charge on any atom is 0.337 e. The molecule has 0 bridgehead atoms. The fourth-order valence-corrected chi connectivity index (χ4v) is 2.28. The fourth-order valence-electron chi connectivity index (χ4n) is 2.28. The third-order valence-corrected chi connectivity index (χ3v) is 3.34. The molecule has 5 nitrogen and oxygen atoms in total. The molecule has 0 unspecified atom stereocenters. The number of rotatable bonds is 5. The van der Waals surface area contributed by atoms with Crippen LogP contribution in [0.5, 0.6) is 0 Å². The van der Waals surface area contributed by atoms with Crippen LogP contribution in [0.4, 0.5) is 10.1 Å². The standard InChI is InChI=1S/C14H17FN2O3/c15-10-3-4-12(11(9-10)14(19)20)16-13(18)5-8-17-6-1-2-7-17/h3-4,9H,1-2,5-8H2,(H,16,18)(H,19,20). The van der Waals surface area contributed by atoms with Crippen molar-refractivity contribution in [2.75, 3.05) is 25.0 Å². The van der Waals surface area contributed by atoms with E-state index in [1.54, 1.807) is 0 Å². The van der Waals surface area contributed by atoms with E-state index in [1.807, 2.05) is 0 Å². The summed E-state index contributed by atoms with van der Waals surface area (Å²) in [6.07, 6.45) is 2.61. The molecule has 0 saturated carbocycles. The minimum atomic E-state index is -1.26. The molecule has 0 aromatic heterocycles. The molecule has 1 fully saturated rings. The van der Waals surface area contributed by atoms with Gasteiger partial charge in [0, 0.05) is 13.0 Å². The molecule has 1 aliphatic rings. The quantitative estimate of drug-likeness (QED) is 0.865. The normalized spacial score (nSPS) is 15.2. The van der Waals surface area contributed by atoms with Gasteiger partial charge in [-0.15, -0.1) is 0 Å². The first-order valence-electron chi connectivity index (χ1n) is 6.61. The molecular weight excluding hydrogens is 263 g/mol. The zero-order valence-electron chi connectivity index (χ0n) is 11.1. The number of aromatic carboxylic acids is 1. The molecule has 0 spiro atoms. The summed E-state index contributed by atoms with van der Waals surface area (Å²) in [6.45, 7) is 2.67. The summed E-state index contributed by atoms with van der Waals surface area (Å²) >= 11 is 0. The van der Waals surface area contributed by atoms with Crippen molar-refractivity contribution >= 4 is 17.6 Å². The molecule has 2 rings (SSSR count). The Morgan fingerprint density at radius 1 is 1.30 bits per heavy atom.